The van der Waals surface area contributed by atoms with Gasteiger partial charge in [0.05, 0.1) is 12.2 Å². The maximum atomic E-state index is 11.7. The van der Waals surface area contributed by atoms with Gasteiger partial charge >= 0.3 is 0 Å². The Hall–Kier alpha value is -0.600. The van der Waals surface area contributed by atoms with Crippen molar-refractivity contribution in [3.05, 3.63) is 24.3 Å². The Morgan fingerprint density at radius 2 is 1.58 bits per heavy atom. The number of aliphatic hydroxyl groups is 2. The number of allylic oxidation sites excluding steroid dienone is 2. The van der Waals surface area contributed by atoms with Crippen LogP contribution in [0.4, 0.5) is 0 Å². The van der Waals surface area contributed by atoms with Gasteiger partial charge in [-0.05, 0) is 111 Å². The lowest BCUT2D eigenvalue weighted by molar-refractivity contribution is -0.235. The molecule has 0 spiro atoms. The molecule has 2 N–H and O–H groups in total. The monoisotopic (exact) mass is 456 g/mol. The van der Waals surface area contributed by atoms with Crippen molar-refractivity contribution in [3.8, 4) is 0 Å². The van der Waals surface area contributed by atoms with Crippen LogP contribution in [0.1, 0.15) is 106 Å². The van der Waals surface area contributed by atoms with Gasteiger partial charge in [0.1, 0.15) is 0 Å². The molecule has 188 valence electrons. The van der Waals surface area contributed by atoms with Gasteiger partial charge < -0.3 is 10.2 Å². The van der Waals surface area contributed by atoms with E-state index < -0.39 is 0 Å². The van der Waals surface area contributed by atoms with Crippen LogP contribution in [0.25, 0.3) is 0 Å². The van der Waals surface area contributed by atoms with Gasteiger partial charge in [0.25, 0.3) is 0 Å². The van der Waals surface area contributed by atoms with Crippen LogP contribution in [0.5, 0.6) is 0 Å². The molecule has 0 saturated heterocycles. The fourth-order valence-corrected chi connectivity index (χ4v) is 10.1. The molecule has 0 heterocycles. The summed E-state index contributed by atoms with van der Waals surface area (Å²) in [5.41, 5.74) is 2.99. The average Bonchev–Trinajstić information content (AvgIpc) is 3.01. The second-order valence-corrected chi connectivity index (χ2v) is 14.2. The Kier molecular flexibility index (Phi) is 6.35. The summed E-state index contributed by atoms with van der Waals surface area (Å²) in [4.78, 5) is 0. The number of hydrogen-bond donors (Lipinski definition) is 2. The van der Waals surface area contributed by atoms with Crippen LogP contribution in [0.2, 0.25) is 0 Å². The zero-order chi connectivity index (χ0) is 24.6. The van der Waals surface area contributed by atoms with Crippen molar-refractivity contribution in [1.29, 1.82) is 0 Å². The SMILES string of the molecule is C=C(CC[C@H](C)C(=C)C)[C@H]1C[C@H](O)[C@]2(C)[C@@H]1CC[C@@H]1[C@@]3(C)CC[C@H](O)C(C)(C)[C@@H]3CC[C@]12C. The lowest BCUT2D eigenvalue weighted by Crippen LogP contribution is -2.65. The van der Waals surface area contributed by atoms with Gasteiger partial charge in [0.15, 0.2) is 0 Å². The molecule has 10 atom stereocenters. The third kappa shape index (κ3) is 3.47. The summed E-state index contributed by atoms with van der Waals surface area (Å²) in [7, 11) is 0. The lowest BCUT2D eigenvalue weighted by atomic mass is 9.35. The highest BCUT2D eigenvalue weighted by atomic mass is 16.3. The zero-order valence-electron chi connectivity index (χ0n) is 22.7. The van der Waals surface area contributed by atoms with E-state index in [2.05, 4.69) is 61.6 Å². The van der Waals surface area contributed by atoms with Crippen LogP contribution in [0, 0.1) is 51.2 Å². The van der Waals surface area contributed by atoms with E-state index in [4.69, 9.17) is 0 Å². The van der Waals surface area contributed by atoms with Crippen molar-refractivity contribution in [3.63, 3.8) is 0 Å². The van der Waals surface area contributed by atoms with Gasteiger partial charge in [-0.2, -0.15) is 0 Å². The molecule has 4 rings (SSSR count). The third-order valence-corrected chi connectivity index (χ3v) is 12.7. The molecule has 0 amide bonds. The predicted molar refractivity (Wildman–Crippen MR) is 139 cm³/mol. The second kappa shape index (κ2) is 8.22. The van der Waals surface area contributed by atoms with Crippen LogP contribution >= 0.6 is 0 Å². The topological polar surface area (TPSA) is 40.5 Å². The summed E-state index contributed by atoms with van der Waals surface area (Å²) in [6.07, 6.45) is 9.58. The molecule has 0 aliphatic heterocycles. The van der Waals surface area contributed by atoms with E-state index in [9.17, 15) is 10.2 Å². The summed E-state index contributed by atoms with van der Waals surface area (Å²) in [5, 5.41) is 22.6. The van der Waals surface area contributed by atoms with Gasteiger partial charge in [0, 0.05) is 5.41 Å². The molecule has 4 aliphatic carbocycles. The minimum absolute atomic E-state index is 0.0167. The van der Waals surface area contributed by atoms with Crippen LogP contribution in [-0.2, 0) is 0 Å². The second-order valence-electron chi connectivity index (χ2n) is 14.2. The van der Waals surface area contributed by atoms with E-state index in [0.717, 1.165) is 32.1 Å². The summed E-state index contributed by atoms with van der Waals surface area (Å²) in [5.74, 6) is 2.73. The predicted octanol–water partition coefficient (Wildman–Crippen LogP) is 7.55. The molecule has 0 aromatic heterocycles. The third-order valence-electron chi connectivity index (χ3n) is 12.7. The molecule has 2 heteroatoms. The van der Waals surface area contributed by atoms with Gasteiger partial charge in [-0.3, -0.25) is 0 Å². The Balaban J connectivity index is 1.61. The van der Waals surface area contributed by atoms with Gasteiger partial charge in [0.2, 0.25) is 0 Å². The highest BCUT2D eigenvalue weighted by molar-refractivity contribution is 5.23. The van der Waals surface area contributed by atoms with Gasteiger partial charge in [-0.15, -0.1) is 0 Å². The van der Waals surface area contributed by atoms with Crippen LogP contribution in [0.3, 0.4) is 0 Å². The molecule has 0 aromatic rings. The first kappa shape index (κ1) is 25.5. The molecule has 2 nitrogen and oxygen atoms in total. The van der Waals surface area contributed by atoms with E-state index in [0.29, 0.717) is 29.6 Å². The average molecular weight is 457 g/mol. The van der Waals surface area contributed by atoms with Crippen LogP contribution in [0.15, 0.2) is 24.3 Å². The molecule has 4 fully saturated rings. The highest BCUT2D eigenvalue weighted by Crippen LogP contribution is 2.75. The first-order valence-corrected chi connectivity index (χ1v) is 13.9. The van der Waals surface area contributed by atoms with Crippen molar-refractivity contribution < 1.29 is 10.2 Å². The molecular formula is C31H52O2. The molecule has 0 unspecified atom stereocenters. The Morgan fingerprint density at radius 3 is 2.21 bits per heavy atom. The summed E-state index contributed by atoms with van der Waals surface area (Å²) < 4.78 is 0. The molecule has 0 aromatic carbocycles. The summed E-state index contributed by atoms with van der Waals surface area (Å²) in [6.45, 7) is 25.3. The van der Waals surface area contributed by atoms with Gasteiger partial charge in [-0.1, -0.05) is 65.8 Å². The number of rotatable bonds is 5. The Bertz CT molecular complexity index is 797. The van der Waals surface area contributed by atoms with E-state index in [1.54, 1.807) is 0 Å². The largest absolute Gasteiger partial charge is 0.393 e. The minimum Gasteiger partial charge on any atom is -0.393 e. The van der Waals surface area contributed by atoms with E-state index >= 15 is 0 Å². The lowest BCUT2D eigenvalue weighted by Gasteiger charge is -2.70. The fraction of sp³-hybridized carbons (Fsp3) is 0.871. The number of hydrogen-bond acceptors (Lipinski definition) is 2. The van der Waals surface area contributed by atoms with Crippen LogP contribution in [-0.4, -0.2) is 22.4 Å². The zero-order valence-corrected chi connectivity index (χ0v) is 22.7. The van der Waals surface area contributed by atoms with Crippen molar-refractivity contribution >= 4 is 0 Å². The highest BCUT2D eigenvalue weighted by Gasteiger charge is 2.70. The van der Waals surface area contributed by atoms with E-state index in [1.165, 1.54) is 36.8 Å². The minimum atomic E-state index is -0.238. The maximum absolute atomic E-state index is 11.7. The number of aliphatic hydroxyl groups excluding tert-OH is 2. The smallest absolute Gasteiger partial charge is 0.0607 e. The Labute approximate surface area is 204 Å². The summed E-state index contributed by atoms with van der Waals surface area (Å²) >= 11 is 0. The van der Waals surface area contributed by atoms with Crippen molar-refractivity contribution in [2.24, 2.45) is 51.2 Å². The first-order valence-electron chi connectivity index (χ1n) is 13.9. The van der Waals surface area contributed by atoms with E-state index in [-0.39, 0.29) is 33.9 Å². The molecule has 4 aliphatic rings. The maximum Gasteiger partial charge on any atom is 0.0607 e. The van der Waals surface area contributed by atoms with Crippen molar-refractivity contribution in [1.82, 2.24) is 0 Å². The molecule has 4 saturated carbocycles. The van der Waals surface area contributed by atoms with Crippen molar-refractivity contribution in [2.75, 3.05) is 0 Å². The molecule has 0 radical (unpaired) electrons. The standard InChI is InChI=1S/C31H52O2/c1-19(2)20(3)10-11-21(4)22-18-27(33)31(9)23(22)12-13-25-29(7)16-15-26(32)28(5,6)24(29)14-17-30(25,31)8/h20,22-27,32-33H,1,4,10-18H2,2-3,5-9H3/t20-,22+,23+,24-,25+,26-,27-,29-,30+,31-/m0/s1. The first-order chi connectivity index (χ1) is 15.2. The quantitative estimate of drug-likeness (QED) is 0.419. The van der Waals surface area contributed by atoms with Gasteiger partial charge in [-0.25, -0.2) is 0 Å². The fourth-order valence-electron chi connectivity index (χ4n) is 10.1. The van der Waals surface area contributed by atoms with Crippen LogP contribution < -0.4 is 0 Å². The normalized spacial score (nSPS) is 49.5. The number of fused-ring (bicyclic) bond motifs is 5. The molecule has 33 heavy (non-hydrogen) atoms. The van der Waals surface area contributed by atoms with Crippen molar-refractivity contribution in [2.45, 2.75) is 118 Å². The summed E-state index contributed by atoms with van der Waals surface area (Å²) in [6, 6.07) is 0. The molecule has 0 bridgehead atoms. The Morgan fingerprint density at radius 1 is 0.909 bits per heavy atom. The molecular weight excluding hydrogens is 404 g/mol. The van der Waals surface area contributed by atoms with E-state index in [1.807, 2.05) is 0 Å².